The summed E-state index contributed by atoms with van der Waals surface area (Å²) in [4.78, 5) is 28.0. The molecule has 0 aliphatic heterocycles. The molecule has 2 aromatic rings. The van der Waals surface area contributed by atoms with Gasteiger partial charge in [-0.2, -0.15) is 0 Å². The van der Waals surface area contributed by atoms with Crippen molar-refractivity contribution in [2.75, 3.05) is 0 Å². The number of carbonyl (C=O) groups is 2. The standard InChI is InChI=1S/C17H20N2O3S/c1-17(2,3)16-19-13(10-23-16)14(20)18-12(15(21)22)9-11-7-5-4-6-8-11/h4-8,10,12H,9H2,1-3H3,(H,18,20)(H,21,22)/t12-/m1/s1. The van der Waals surface area contributed by atoms with E-state index in [-0.39, 0.29) is 17.5 Å². The molecule has 0 aliphatic rings. The van der Waals surface area contributed by atoms with Gasteiger partial charge in [0.25, 0.3) is 5.91 Å². The third-order valence-electron chi connectivity index (χ3n) is 3.26. The van der Waals surface area contributed by atoms with Gasteiger partial charge in [-0.1, -0.05) is 51.1 Å². The van der Waals surface area contributed by atoms with E-state index in [0.717, 1.165) is 10.6 Å². The minimum atomic E-state index is -1.06. The maximum atomic E-state index is 12.3. The molecule has 0 saturated carbocycles. The Bertz CT molecular complexity index is 689. The molecule has 122 valence electrons. The quantitative estimate of drug-likeness (QED) is 0.882. The third kappa shape index (κ3) is 4.63. The van der Waals surface area contributed by atoms with Crippen LogP contribution in [0.25, 0.3) is 0 Å². The summed E-state index contributed by atoms with van der Waals surface area (Å²) in [5, 5.41) is 14.4. The molecule has 0 unspecified atom stereocenters. The summed E-state index contributed by atoms with van der Waals surface area (Å²) in [7, 11) is 0. The van der Waals surface area contributed by atoms with Crippen molar-refractivity contribution in [1.82, 2.24) is 10.3 Å². The van der Waals surface area contributed by atoms with Crippen LogP contribution in [0.3, 0.4) is 0 Å². The van der Waals surface area contributed by atoms with E-state index in [0.29, 0.717) is 0 Å². The molecule has 0 spiro atoms. The lowest BCUT2D eigenvalue weighted by atomic mass is 9.98. The minimum Gasteiger partial charge on any atom is -0.480 e. The van der Waals surface area contributed by atoms with E-state index in [1.807, 2.05) is 51.1 Å². The fraction of sp³-hybridized carbons (Fsp3) is 0.353. The highest BCUT2D eigenvalue weighted by atomic mass is 32.1. The fourth-order valence-corrected chi connectivity index (χ4v) is 2.89. The summed E-state index contributed by atoms with van der Waals surface area (Å²) in [6, 6.07) is 8.23. The first-order valence-corrected chi connectivity index (χ1v) is 8.19. The second-order valence-corrected chi connectivity index (χ2v) is 7.20. The number of nitrogens with one attached hydrogen (secondary N) is 1. The fourth-order valence-electron chi connectivity index (χ4n) is 2.00. The Balaban J connectivity index is 2.09. The van der Waals surface area contributed by atoms with E-state index >= 15 is 0 Å². The van der Waals surface area contributed by atoms with Crippen LogP contribution in [0.2, 0.25) is 0 Å². The number of benzene rings is 1. The van der Waals surface area contributed by atoms with Crippen LogP contribution in [-0.4, -0.2) is 28.0 Å². The zero-order valence-electron chi connectivity index (χ0n) is 13.4. The highest BCUT2D eigenvalue weighted by Gasteiger charge is 2.24. The van der Waals surface area contributed by atoms with Crippen molar-refractivity contribution in [2.45, 2.75) is 38.6 Å². The summed E-state index contributed by atoms with van der Waals surface area (Å²) in [5.74, 6) is -1.52. The van der Waals surface area contributed by atoms with Crippen molar-refractivity contribution in [2.24, 2.45) is 0 Å². The smallest absolute Gasteiger partial charge is 0.326 e. The number of aromatic nitrogens is 1. The summed E-state index contributed by atoms with van der Waals surface area (Å²) >= 11 is 1.40. The van der Waals surface area contributed by atoms with Crippen LogP contribution in [-0.2, 0) is 16.6 Å². The number of aliphatic carboxylic acids is 1. The molecule has 1 aromatic carbocycles. The van der Waals surface area contributed by atoms with Gasteiger partial charge in [0.05, 0.1) is 5.01 Å². The maximum absolute atomic E-state index is 12.3. The van der Waals surface area contributed by atoms with Crippen molar-refractivity contribution >= 4 is 23.2 Å². The Labute approximate surface area is 139 Å². The van der Waals surface area contributed by atoms with Crippen LogP contribution < -0.4 is 5.32 Å². The van der Waals surface area contributed by atoms with Gasteiger partial charge in [-0.15, -0.1) is 11.3 Å². The number of carboxylic acids is 1. The number of carboxylic acid groups (broad SMARTS) is 1. The highest BCUT2D eigenvalue weighted by molar-refractivity contribution is 7.10. The summed E-state index contributed by atoms with van der Waals surface area (Å²) in [5.41, 5.74) is 0.979. The molecule has 1 aromatic heterocycles. The summed E-state index contributed by atoms with van der Waals surface area (Å²) in [6.45, 7) is 6.05. The topological polar surface area (TPSA) is 79.3 Å². The lowest BCUT2D eigenvalue weighted by molar-refractivity contribution is -0.139. The van der Waals surface area contributed by atoms with Gasteiger partial charge < -0.3 is 10.4 Å². The molecule has 1 atom stereocenters. The number of hydrogen-bond acceptors (Lipinski definition) is 4. The van der Waals surface area contributed by atoms with Gasteiger partial charge in [-0.05, 0) is 5.56 Å². The van der Waals surface area contributed by atoms with Crippen molar-refractivity contribution in [3.8, 4) is 0 Å². The lowest BCUT2D eigenvalue weighted by Crippen LogP contribution is -2.42. The van der Waals surface area contributed by atoms with Crippen molar-refractivity contribution in [1.29, 1.82) is 0 Å². The van der Waals surface area contributed by atoms with E-state index < -0.39 is 17.9 Å². The Kier molecular flexibility index (Phi) is 5.15. The number of rotatable bonds is 5. The van der Waals surface area contributed by atoms with E-state index in [2.05, 4.69) is 10.3 Å². The monoisotopic (exact) mass is 332 g/mol. The van der Waals surface area contributed by atoms with Crippen LogP contribution in [0, 0.1) is 0 Å². The van der Waals surface area contributed by atoms with E-state index in [4.69, 9.17) is 0 Å². The number of nitrogens with zero attached hydrogens (tertiary/aromatic N) is 1. The molecule has 0 bridgehead atoms. The SMILES string of the molecule is CC(C)(C)c1nc(C(=O)N[C@H](Cc2ccccc2)C(=O)O)cs1. The highest BCUT2D eigenvalue weighted by Crippen LogP contribution is 2.25. The Morgan fingerprint density at radius 3 is 2.43 bits per heavy atom. The number of hydrogen-bond donors (Lipinski definition) is 2. The minimum absolute atomic E-state index is 0.139. The van der Waals surface area contributed by atoms with Gasteiger partial charge in [0.1, 0.15) is 11.7 Å². The molecule has 23 heavy (non-hydrogen) atoms. The summed E-state index contributed by atoms with van der Waals surface area (Å²) < 4.78 is 0. The zero-order chi connectivity index (χ0) is 17.0. The molecule has 0 saturated heterocycles. The molecule has 1 heterocycles. The number of amides is 1. The molecular weight excluding hydrogens is 312 g/mol. The normalized spacial score (nSPS) is 12.7. The Hall–Kier alpha value is -2.21. The Morgan fingerprint density at radius 2 is 1.91 bits per heavy atom. The van der Waals surface area contributed by atoms with Crippen LogP contribution in [0.15, 0.2) is 35.7 Å². The van der Waals surface area contributed by atoms with E-state index in [9.17, 15) is 14.7 Å². The molecule has 0 radical (unpaired) electrons. The van der Waals surface area contributed by atoms with Crippen LogP contribution in [0.1, 0.15) is 41.8 Å². The molecule has 2 N–H and O–H groups in total. The third-order valence-corrected chi connectivity index (χ3v) is 4.53. The number of carbonyl (C=O) groups excluding carboxylic acids is 1. The van der Waals surface area contributed by atoms with Gasteiger partial charge in [0.15, 0.2) is 0 Å². The largest absolute Gasteiger partial charge is 0.480 e. The van der Waals surface area contributed by atoms with Crippen LogP contribution in [0.4, 0.5) is 0 Å². The molecule has 6 heteroatoms. The maximum Gasteiger partial charge on any atom is 0.326 e. The molecular formula is C17H20N2O3S. The predicted octanol–water partition coefficient (Wildman–Crippen LogP) is 2.87. The predicted molar refractivity (Wildman–Crippen MR) is 89.9 cm³/mol. The zero-order valence-corrected chi connectivity index (χ0v) is 14.2. The van der Waals surface area contributed by atoms with Gasteiger partial charge in [-0.3, -0.25) is 4.79 Å². The molecule has 1 amide bonds. The number of thiazole rings is 1. The molecule has 2 rings (SSSR count). The average molecular weight is 332 g/mol. The first kappa shape index (κ1) is 17.1. The lowest BCUT2D eigenvalue weighted by Gasteiger charge is -2.15. The first-order valence-electron chi connectivity index (χ1n) is 7.31. The van der Waals surface area contributed by atoms with Crippen molar-refractivity contribution < 1.29 is 14.7 Å². The summed E-state index contributed by atoms with van der Waals surface area (Å²) in [6.07, 6.45) is 0.234. The van der Waals surface area contributed by atoms with Gasteiger partial charge in [0, 0.05) is 17.2 Å². The van der Waals surface area contributed by atoms with Gasteiger partial charge >= 0.3 is 5.97 Å². The molecule has 0 aliphatic carbocycles. The van der Waals surface area contributed by atoms with Crippen LogP contribution >= 0.6 is 11.3 Å². The van der Waals surface area contributed by atoms with Gasteiger partial charge in [0.2, 0.25) is 0 Å². The Morgan fingerprint density at radius 1 is 1.26 bits per heavy atom. The average Bonchev–Trinajstić information content (AvgIpc) is 2.97. The van der Waals surface area contributed by atoms with E-state index in [1.54, 1.807) is 5.38 Å². The van der Waals surface area contributed by atoms with Crippen molar-refractivity contribution in [3.63, 3.8) is 0 Å². The van der Waals surface area contributed by atoms with Crippen LogP contribution in [0.5, 0.6) is 0 Å². The molecule has 5 nitrogen and oxygen atoms in total. The second kappa shape index (κ2) is 6.91. The van der Waals surface area contributed by atoms with Crippen molar-refractivity contribution in [3.05, 3.63) is 52.0 Å². The second-order valence-electron chi connectivity index (χ2n) is 6.34. The molecule has 0 fully saturated rings. The van der Waals surface area contributed by atoms with E-state index in [1.165, 1.54) is 11.3 Å². The first-order chi connectivity index (χ1) is 10.8. The van der Waals surface area contributed by atoms with Gasteiger partial charge in [-0.25, -0.2) is 9.78 Å².